The smallest absolute Gasteiger partial charge is 0.306 e. The van der Waals surface area contributed by atoms with E-state index in [9.17, 15) is 9.59 Å². The zero-order valence-corrected chi connectivity index (χ0v) is 15.3. The van der Waals surface area contributed by atoms with E-state index in [1.807, 2.05) is 0 Å². The number of carbonyl (C=O) groups is 2. The number of benzene rings is 1. The molecule has 0 saturated heterocycles. The van der Waals surface area contributed by atoms with Crippen LogP contribution in [0.4, 0.5) is 0 Å². The van der Waals surface area contributed by atoms with Crippen LogP contribution in [0.1, 0.15) is 80.0 Å². The van der Waals surface area contributed by atoms with Gasteiger partial charge in [-0.15, -0.1) is 0 Å². The summed E-state index contributed by atoms with van der Waals surface area (Å²) < 4.78 is 4.84. The van der Waals surface area contributed by atoms with Crippen LogP contribution >= 0.6 is 0 Å². The molecular formula is C21H30O3. The van der Waals surface area contributed by atoms with Crippen LogP contribution < -0.4 is 0 Å². The molecule has 0 radical (unpaired) electrons. The fourth-order valence-electron chi connectivity index (χ4n) is 3.30. The van der Waals surface area contributed by atoms with E-state index in [4.69, 9.17) is 4.74 Å². The summed E-state index contributed by atoms with van der Waals surface area (Å²) in [6, 6.07) is 4.70. The van der Waals surface area contributed by atoms with Gasteiger partial charge in [-0.3, -0.25) is 9.59 Å². The molecule has 3 heteroatoms. The maximum Gasteiger partial charge on any atom is 0.306 e. The monoisotopic (exact) mass is 330 g/mol. The molecule has 1 saturated carbocycles. The first kappa shape index (κ1) is 18.7. The lowest BCUT2D eigenvalue weighted by atomic mass is 9.93. The van der Waals surface area contributed by atoms with E-state index in [1.165, 1.54) is 35.1 Å². The van der Waals surface area contributed by atoms with E-state index < -0.39 is 0 Å². The molecule has 1 aromatic carbocycles. The summed E-state index contributed by atoms with van der Waals surface area (Å²) in [4.78, 5) is 23.1. The number of Topliss-reactive ketones (excluding diaryl/α,β-unsaturated/α-hetero) is 1. The van der Waals surface area contributed by atoms with Crippen molar-refractivity contribution in [3.63, 3.8) is 0 Å². The summed E-state index contributed by atoms with van der Waals surface area (Å²) in [5.41, 5.74) is 5.73. The Morgan fingerprint density at radius 3 is 2.29 bits per heavy atom. The quantitative estimate of drug-likeness (QED) is 0.457. The van der Waals surface area contributed by atoms with Gasteiger partial charge in [-0.25, -0.2) is 0 Å². The van der Waals surface area contributed by atoms with Crippen molar-refractivity contribution in [3.05, 3.63) is 34.4 Å². The number of ether oxygens (including phenoxy) is 1. The zero-order chi connectivity index (χ0) is 17.5. The SMILES string of the molecule is CCOC(=O)CCC(=O)CCCCc1c(C)cc(C2CC2)cc1C. The Bertz CT molecular complexity index is 562. The Kier molecular flexibility index (Phi) is 7.01. The molecule has 24 heavy (non-hydrogen) atoms. The van der Waals surface area contributed by atoms with Crippen molar-refractivity contribution in [3.8, 4) is 0 Å². The van der Waals surface area contributed by atoms with Gasteiger partial charge in [-0.1, -0.05) is 12.1 Å². The molecule has 0 aliphatic heterocycles. The highest BCUT2D eigenvalue weighted by Crippen LogP contribution is 2.41. The van der Waals surface area contributed by atoms with Crippen LogP contribution in [0.25, 0.3) is 0 Å². The molecule has 0 atom stereocenters. The number of hydrogen-bond donors (Lipinski definition) is 0. The number of carbonyl (C=O) groups excluding carboxylic acids is 2. The first-order valence-corrected chi connectivity index (χ1v) is 9.28. The largest absolute Gasteiger partial charge is 0.466 e. The second-order valence-electron chi connectivity index (χ2n) is 6.96. The topological polar surface area (TPSA) is 43.4 Å². The van der Waals surface area contributed by atoms with Gasteiger partial charge in [0, 0.05) is 12.8 Å². The van der Waals surface area contributed by atoms with E-state index in [-0.39, 0.29) is 18.2 Å². The number of esters is 1. The fourth-order valence-corrected chi connectivity index (χ4v) is 3.30. The summed E-state index contributed by atoms with van der Waals surface area (Å²) in [5, 5.41) is 0. The molecule has 0 heterocycles. The highest BCUT2D eigenvalue weighted by molar-refractivity contribution is 5.82. The average molecular weight is 330 g/mol. The van der Waals surface area contributed by atoms with Crippen LogP contribution in [0, 0.1) is 13.8 Å². The maximum atomic E-state index is 11.8. The summed E-state index contributed by atoms with van der Waals surface area (Å²) in [6.07, 6.45) is 6.73. The highest BCUT2D eigenvalue weighted by Gasteiger charge is 2.24. The Hall–Kier alpha value is -1.64. The molecule has 0 N–H and O–H groups in total. The van der Waals surface area contributed by atoms with Gasteiger partial charge in [0.1, 0.15) is 5.78 Å². The van der Waals surface area contributed by atoms with E-state index in [0.29, 0.717) is 19.4 Å². The van der Waals surface area contributed by atoms with Crippen LogP contribution in [0.15, 0.2) is 12.1 Å². The van der Waals surface area contributed by atoms with Gasteiger partial charge >= 0.3 is 5.97 Å². The van der Waals surface area contributed by atoms with E-state index in [2.05, 4.69) is 26.0 Å². The number of aryl methyl sites for hydroxylation is 2. The fraction of sp³-hybridized carbons (Fsp3) is 0.619. The zero-order valence-electron chi connectivity index (χ0n) is 15.3. The number of hydrogen-bond acceptors (Lipinski definition) is 3. The molecule has 1 aromatic rings. The molecular weight excluding hydrogens is 300 g/mol. The van der Waals surface area contributed by atoms with Crippen molar-refractivity contribution in [2.75, 3.05) is 6.61 Å². The number of unbranched alkanes of at least 4 members (excludes halogenated alkanes) is 1. The number of ketones is 1. The summed E-state index contributed by atoms with van der Waals surface area (Å²) in [7, 11) is 0. The van der Waals surface area contributed by atoms with Crippen molar-refractivity contribution in [2.24, 2.45) is 0 Å². The van der Waals surface area contributed by atoms with Gasteiger partial charge < -0.3 is 4.74 Å². The molecule has 3 nitrogen and oxygen atoms in total. The molecule has 0 bridgehead atoms. The van der Waals surface area contributed by atoms with E-state index >= 15 is 0 Å². The molecule has 0 unspecified atom stereocenters. The van der Waals surface area contributed by atoms with Gasteiger partial charge in [-0.2, -0.15) is 0 Å². The lowest BCUT2D eigenvalue weighted by Crippen LogP contribution is -2.07. The second-order valence-corrected chi connectivity index (χ2v) is 6.96. The van der Waals surface area contributed by atoms with Crippen LogP contribution in [-0.2, 0) is 20.7 Å². The molecule has 1 aliphatic rings. The van der Waals surface area contributed by atoms with Crippen molar-refractivity contribution >= 4 is 11.8 Å². The van der Waals surface area contributed by atoms with Gasteiger partial charge in [0.05, 0.1) is 13.0 Å². The standard InChI is InChI=1S/C21H30O3/c1-4-24-21(23)12-11-19(22)7-5-6-8-20-15(2)13-18(14-16(20)3)17-9-10-17/h13-14,17H,4-12H2,1-3H3. The lowest BCUT2D eigenvalue weighted by Gasteiger charge is -2.12. The Morgan fingerprint density at radius 2 is 1.71 bits per heavy atom. The van der Waals surface area contributed by atoms with Crippen molar-refractivity contribution in [2.45, 2.75) is 78.1 Å². The van der Waals surface area contributed by atoms with Gasteiger partial charge in [0.2, 0.25) is 0 Å². The van der Waals surface area contributed by atoms with Crippen molar-refractivity contribution < 1.29 is 14.3 Å². The highest BCUT2D eigenvalue weighted by atomic mass is 16.5. The third kappa shape index (κ3) is 5.77. The Balaban J connectivity index is 1.70. The molecule has 2 rings (SSSR count). The molecule has 1 fully saturated rings. The number of rotatable bonds is 10. The van der Waals surface area contributed by atoms with Gasteiger partial charge in [0.25, 0.3) is 0 Å². The predicted molar refractivity (Wildman–Crippen MR) is 96.3 cm³/mol. The third-order valence-corrected chi connectivity index (χ3v) is 4.81. The molecule has 0 amide bonds. The van der Waals surface area contributed by atoms with E-state index in [1.54, 1.807) is 6.92 Å². The minimum absolute atomic E-state index is 0.167. The summed E-state index contributed by atoms with van der Waals surface area (Å²) in [6.45, 7) is 6.57. The Labute approximate surface area is 145 Å². The maximum absolute atomic E-state index is 11.8. The van der Waals surface area contributed by atoms with Crippen molar-refractivity contribution in [1.82, 2.24) is 0 Å². The third-order valence-electron chi connectivity index (χ3n) is 4.81. The van der Waals surface area contributed by atoms with Crippen LogP contribution in [0.2, 0.25) is 0 Å². The van der Waals surface area contributed by atoms with E-state index in [0.717, 1.165) is 25.2 Å². The first-order chi connectivity index (χ1) is 11.5. The molecule has 0 spiro atoms. The predicted octanol–water partition coefficient (Wildman–Crippen LogP) is 4.81. The second kappa shape index (κ2) is 9.00. The molecule has 132 valence electrons. The summed E-state index contributed by atoms with van der Waals surface area (Å²) in [5.74, 6) is 0.696. The molecule has 0 aromatic heterocycles. The normalized spacial score (nSPS) is 13.8. The van der Waals surface area contributed by atoms with Crippen LogP contribution in [0.3, 0.4) is 0 Å². The van der Waals surface area contributed by atoms with Gasteiger partial charge in [0.15, 0.2) is 0 Å². The first-order valence-electron chi connectivity index (χ1n) is 9.28. The van der Waals surface area contributed by atoms with Crippen LogP contribution in [0.5, 0.6) is 0 Å². The van der Waals surface area contributed by atoms with Crippen molar-refractivity contribution in [1.29, 1.82) is 0 Å². The Morgan fingerprint density at radius 1 is 1.04 bits per heavy atom. The summed E-state index contributed by atoms with van der Waals surface area (Å²) >= 11 is 0. The average Bonchev–Trinajstić information content (AvgIpc) is 3.36. The van der Waals surface area contributed by atoms with Crippen LogP contribution in [-0.4, -0.2) is 18.4 Å². The minimum Gasteiger partial charge on any atom is -0.466 e. The molecule has 1 aliphatic carbocycles. The lowest BCUT2D eigenvalue weighted by molar-refractivity contribution is -0.144. The van der Waals surface area contributed by atoms with Gasteiger partial charge in [-0.05, 0) is 81.0 Å². The minimum atomic E-state index is -0.271.